The van der Waals surface area contributed by atoms with Gasteiger partial charge in [-0.15, -0.1) is 0 Å². The first-order valence-electron chi connectivity index (χ1n) is 6.24. The van der Waals surface area contributed by atoms with Gasteiger partial charge in [-0.3, -0.25) is 0 Å². The minimum atomic E-state index is 0.204. The molecule has 0 radical (unpaired) electrons. The Bertz CT molecular complexity index is 322. The monoisotopic (exact) mass is 219 g/mol. The molecule has 0 amide bonds. The second-order valence-electron chi connectivity index (χ2n) is 5.59. The zero-order chi connectivity index (χ0) is 12.2. The molecule has 0 bridgehead atoms. The number of rotatable bonds is 4. The van der Waals surface area contributed by atoms with Crippen molar-refractivity contribution in [2.45, 2.75) is 52.5 Å². The molecular weight excluding hydrogens is 194 g/mol. The Morgan fingerprint density at radius 3 is 2.31 bits per heavy atom. The van der Waals surface area contributed by atoms with Gasteiger partial charge >= 0.3 is 0 Å². The van der Waals surface area contributed by atoms with Crippen LogP contribution in [-0.4, -0.2) is 12.1 Å². The zero-order valence-electron chi connectivity index (χ0n) is 11.3. The molecule has 0 aliphatic rings. The van der Waals surface area contributed by atoms with E-state index in [0.29, 0.717) is 5.92 Å². The minimum absolute atomic E-state index is 0.204. The summed E-state index contributed by atoms with van der Waals surface area (Å²) in [4.78, 5) is 0. The highest BCUT2D eigenvalue weighted by molar-refractivity contribution is 5.29. The Hall–Kier alpha value is -0.820. The fourth-order valence-electron chi connectivity index (χ4n) is 1.95. The van der Waals surface area contributed by atoms with Crippen LogP contribution in [0.2, 0.25) is 0 Å². The van der Waals surface area contributed by atoms with Gasteiger partial charge in [0.15, 0.2) is 0 Å². The standard InChI is InChI=1S/C15H25N/c1-6-13(11-16-15(3,4)5)14-10-8-7-9-12(14)2/h7-10,13,16H,6,11H2,1-5H3. The average Bonchev–Trinajstić information content (AvgIpc) is 2.20. The lowest BCUT2D eigenvalue weighted by Gasteiger charge is -2.25. The molecule has 0 aromatic heterocycles. The topological polar surface area (TPSA) is 12.0 Å². The van der Waals surface area contributed by atoms with Gasteiger partial charge in [0.2, 0.25) is 0 Å². The van der Waals surface area contributed by atoms with Crippen LogP contribution in [0.3, 0.4) is 0 Å². The molecule has 1 rings (SSSR count). The second-order valence-corrected chi connectivity index (χ2v) is 5.59. The predicted octanol–water partition coefficient (Wildman–Crippen LogP) is 3.88. The van der Waals surface area contributed by atoms with Crippen molar-refractivity contribution in [3.63, 3.8) is 0 Å². The van der Waals surface area contributed by atoms with Crippen molar-refractivity contribution in [1.29, 1.82) is 0 Å². The summed E-state index contributed by atoms with van der Waals surface area (Å²) in [6.07, 6.45) is 1.19. The SMILES string of the molecule is CCC(CNC(C)(C)C)c1ccccc1C. The fourth-order valence-corrected chi connectivity index (χ4v) is 1.95. The van der Waals surface area contributed by atoms with E-state index < -0.39 is 0 Å². The van der Waals surface area contributed by atoms with Gasteiger partial charge in [0, 0.05) is 12.1 Å². The van der Waals surface area contributed by atoms with Crippen LogP contribution in [0.5, 0.6) is 0 Å². The highest BCUT2D eigenvalue weighted by atomic mass is 14.9. The van der Waals surface area contributed by atoms with E-state index in [1.165, 1.54) is 17.5 Å². The van der Waals surface area contributed by atoms with Crippen LogP contribution in [-0.2, 0) is 0 Å². The summed E-state index contributed by atoms with van der Waals surface area (Å²) >= 11 is 0. The molecule has 16 heavy (non-hydrogen) atoms. The van der Waals surface area contributed by atoms with E-state index in [9.17, 15) is 0 Å². The van der Waals surface area contributed by atoms with Crippen molar-refractivity contribution in [3.8, 4) is 0 Å². The van der Waals surface area contributed by atoms with Gasteiger partial charge < -0.3 is 5.32 Å². The lowest BCUT2D eigenvalue weighted by Crippen LogP contribution is -2.38. The first-order chi connectivity index (χ1) is 7.44. The maximum atomic E-state index is 3.60. The molecule has 0 saturated heterocycles. The van der Waals surface area contributed by atoms with E-state index in [-0.39, 0.29) is 5.54 Å². The van der Waals surface area contributed by atoms with Crippen molar-refractivity contribution >= 4 is 0 Å². The van der Waals surface area contributed by atoms with Crippen molar-refractivity contribution < 1.29 is 0 Å². The highest BCUT2D eigenvalue weighted by Crippen LogP contribution is 2.22. The van der Waals surface area contributed by atoms with Gasteiger partial charge in [0.1, 0.15) is 0 Å². The molecule has 0 aliphatic heterocycles. The Kier molecular flexibility index (Phi) is 4.55. The minimum Gasteiger partial charge on any atom is -0.311 e. The molecule has 1 aromatic rings. The number of benzene rings is 1. The van der Waals surface area contributed by atoms with Crippen molar-refractivity contribution in [1.82, 2.24) is 5.32 Å². The van der Waals surface area contributed by atoms with Gasteiger partial charge in [-0.05, 0) is 51.2 Å². The molecule has 1 unspecified atom stereocenters. The van der Waals surface area contributed by atoms with Crippen molar-refractivity contribution in [3.05, 3.63) is 35.4 Å². The third kappa shape index (κ3) is 3.97. The van der Waals surface area contributed by atoms with Gasteiger partial charge in [0.25, 0.3) is 0 Å². The van der Waals surface area contributed by atoms with E-state index in [4.69, 9.17) is 0 Å². The Labute approximate surface area is 100 Å². The van der Waals surface area contributed by atoms with Crippen LogP contribution in [0, 0.1) is 6.92 Å². The highest BCUT2D eigenvalue weighted by Gasteiger charge is 2.15. The van der Waals surface area contributed by atoms with Crippen molar-refractivity contribution in [2.24, 2.45) is 0 Å². The molecule has 1 heteroatoms. The lowest BCUT2D eigenvalue weighted by atomic mass is 9.92. The maximum absolute atomic E-state index is 3.60. The molecular formula is C15H25N. The third-order valence-electron chi connectivity index (χ3n) is 3.00. The van der Waals surface area contributed by atoms with Crippen LogP contribution in [0.4, 0.5) is 0 Å². The van der Waals surface area contributed by atoms with Crippen LogP contribution in [0.1, 0.15) is 51.2 Å². The number of nitrogens with one attached hydrogen (secondary N) is 1. The van der Waals surface area contributed by atoms with Crippen LogP contribution in [0.15, 0.2) is 24.3 Å². The summed E-state index contributed by atoms with van der Waals surface area (Å²) < 4.78 is 0. The van der Waals surface area contributed by atoms with Gasteiger partial charge in [0.05, 0.1) is 0 Å². The van der Waals surface area contributed by atoms with E-state index in [0.717, 1.165) is 6.54 Å². The first-order valence-corrected chi connectivity index (χ1v) is 6.24. The van der Waals surface area contributed by atoms with E-state index in [2.05, 4.69) is 64.2 Å². The van der Waals surface area contributed by atoms with Gasteiger partial charge in [-0.25, -0.2) is 0 Å². The van der Waals surface area contributed by atoms with E-state index in [1.807, 2.05) is 0 Å². The number of aryl methyl sites for hydroxylation is 1. The summed E-state index contributed by atoms with van der Waals surface area (Å²) in [5, 5.41) is 3.60. The summed E-state index contributed by atoms with van der Waals surface area (Å²) in [6, 6.07) is 8.72. The maximum Gasteiger partial charge on any atom is 0.00967 e. The Balaban J connectivity index is 2.72. The van der Waals surface area contributed by atoms with Crippen LogP contribution < -0.4 is 5.32 Å². The predicted molar refractivity (Wildman–Crippen MR) is 72.0 cm³/mol. The molecule has 1 nitrogen and oxygen atoms in total. The Morgan fingerprint density at radius 2 is 1.81 bits per heavy atom. The normalized spacial score (nSPS) is 13.8. The van der Waals surface area contributed by atoms with Crippen LogP contribution in [0.25, 0.3) is 0 Å². The molecule has 1 atom stereocenters. The average molecular weight is 219 g/mol. The number of hydrogen-bond acceptors (Lipinski definition) is 1. The molecule has 0 saturated carbocycles. The zero-order valence-corrected chi connectivity index (χ0v) is 11.3. The van der Waals surface area contributed by atoms with E-state index >= 15 is 0 Å². The van der Waals surface area contributed by atoms with Gasteiger partial charge in [-0.2, -0.15) is 0 Å². The molecule has 0 heterocycles. The molecule has 0 aliphatic carbocycles. The molecule has 90 valence electrons. The van der Waals surface area contributed by atoms with Gasteiger partial charge in [-0.1, -0.05) is 31.2 Å². The largest absolute Gasteiger partial charge is 0.311 e. The second kappa shape index (κ2) is 5.49. The number of hydrogen-bond donors (Lipinski definition) is 1. The van der Waals surface area contributed by atoms with Crippen molar-refractivity contribution in [2.75, 3.05) is 6.54 Å². The summed E-state index contributed by atoms with van der Waals surface area (Å²) in [5.74, 6) is 0.625. The molecule has 1 aromatic carbocycles. The molecule has 1 N–H and O–H groups in total. The third-order valence-corrected chi connectivity index (χ3v) is 3.00. The Morgan fingerprint density at radius 1 is 1.19 bits per heavy atom. The molecule has 0 fully saturated rings. The summed E-state index contributed by atoms with van der Waals surface area (Å²) in [7, 11) is 0. The summed E-state index contributed by atoms with van der Waals surface area (Å²) in [6.45, 7) is 12.2. The quantitative estimate of drug-likeness (QED) is 0.810. The fraction of sp³-hybridized carbons (Fsp3) is 0.600. The van der Waals surface area contributed by atoms with Crippen LogP contribution >= 0.6 is 0 Å². The lowest BCUT2D eigenvalue weighted by molar-refractivity contribution is 0.402. The van der Waals surface area contributed by atoms with E-state index in [1.54, 1.807) is 0 Å². The molecule has 0 spiro atoms. The smallest absolute Gasteiger partial charge is 0.00967 e. The first kappa shape index (κ1) is 13.2. The summed E-state index contributed by atoms with van der Waals surface area (Å²) in [5.41, 5.74) is 3.10.